The van der Waals surface area contributed by atoms with Gasteiger partial charge in [0, 0.05) is 62.3 Å². The molecule has 0 amide bonds. The van der Waals surface area contributed by atoms with Crippen LogP contribution in [-0.2, 0) is 13.1 Å². The molecule has 2 aromatic heterocycles. The summed E-state index contributed by atoms with van der Waals surface area (Å²) in [6.07, 6.45) is 4.83. The summed E-state index contributed by atoms with van der Waals surface area (Å²) in [4.78, 5) is 30.1. The van der Waals surface area contributed by atoms with E-state index in [1.165, 1.54) is 12.1 Å². The van der Waals surface area contributed by atoms with E-state index in [0.717, 1.165) is 50.0 Å². The molecule has 1 fully saturated rings. The van der Waals surface area contributed by atoms with E-state index in [2.05, 4.69) is 43.9 Å². The van der Waals surface area contributed by atoms with Gasteiger partial charge in [-0.25, -0.2) is 13.8 Å². The standard InChI is InChI=1S/C26H26F2N6O/c1-32-9-11-33(12-10-32)16-18-3-2-4-20(13-18)34(23-15-29-7-8-30-23)17-19-14-24(35)31-26-21(19)5-6-22(27)25(26)28/h2-8,13-15H,9-12,16-17H2,1H3,(H,31,35). The third-order valence-electron chi connectivity index (χ3n) is 6.37. The molecule has 1 N–H and O–H groups in total. The summed E-state index contributed by atoms with van der Waals surface area (Å²) in [6, 6.07) is 12.1. The number of H-pyrrole nitrogens is 1. The number of rotatable bonds is 6. The van der Waals surface area contributed by atoms with Crippen molar-refractivity contribution in [2.45, 2.75) is 13.1 Å². The molecule has 1 saturated heterocycles. The van der Waals surface area contributed by atoms with Crippen LogP contribution >= 0.6 is 0 Å². The average molecular weight is 477 g/mol. The smallest absolute Gasteiger partial charge is 0.248 e. The summed E-state index contributed by atoms with van der Waals surface area (Å²) in [5.41, 5.74) is 1.94. The molecule has 0 spiro atoms. The molecule has 4 aromatic rings. The van der Waals surface area contributed by atoms with Crippen LogP contribution in [0.1, 0.15) is 11.1 Å². The zero-order valence-electron chi connectivity index (χ0n) is 19.4. The fraction of sp³-hybridized carbons (Fsp3) is 0.269. The fourth-order valence-corrected chi connectivity index (χ4v) is 4.46. The maximum atomic E-state index is 14.5. The van der Waals surface area contributed by atoms with E-state index in [1.54, 1.807) is 18.6 Å². The molecule has 0 atom stereocenters. The largest absolute Gasteiger partial charge is 0.321 e. The molecule has 0 aliphatic carbocycles. The monoisotopic (exact) mass is 476 g/mol. The van der Waals surface area contributed by atoms with Crippen LogP contribution in [0.5, 0.6) is 0 Å². The summed E-state index contributed by atoms with van der Waals surface area (Å²) in [5, 5.41) is 0.436. The third-order valence-corrected chi connectivity index (χ3v) is 6.37. The van der Waals surface area contributed by atoms with Crippen molar-refractivity contribution < 1.29 is 8.78 Å². The minimum atomic E-state index is -1.07. The lowest BCUT2D eigenvalue weighted by Gasteiger charge is -2.32. The van der Waals surface area contributed by atoms with E-state index in [1.807, 2.05) is 17.0 Å². The van der Waals surface area contributed by atoms with Crippen LogP contribution in [-0.4, -0.2) is 58.0 Å². The van der Waals surface area contributed by atoms with Gasteiger partial charge in [-0.2, -0.15) is 0 Å². The Labute approximate surface area is 201 Å². The zero-order chi connectivity index (χ0) is 24.4. The number of nitrogens with zero attached hydrogens (tertiary/aromatic N) is 5. The van der Waals surface area contributed by atoms with Crippen molar-refractivity contribution in [2.24, 2.45) is 0 Å². The van der Waals surface area contributed by atoms with Gasteiger partial charge < -0.3 is 14.8 Å². The van der Waals surface area contributed by atoms with Gasteiger partial charge >= 0.3 is 0 Å². The van der Waals surface area contributed by atoms with Gasteiger partial charge in [-0.3, -0.25) is 14.7 Å². The molecule has 1 aliphatic heterocycles. The lowest BCUT2D eigenvalue weighted by molar-refractivity contribution is 0.148. The van der Waals surface area contributed by atoms with E-state index in [4.69, 9.17) is 0 Å². The molecule has 0 unspecified atom stereocenters. The minimum absolute atomic E-state index is 0.143. The van der Waals surface area contributed by atoms with Gasteiger partial charge in [-0.05, 0) is 42.4 Å². The number of fused-ring (bicyclic) bond motifs is 1. The van der Waals surface area contributed by atoms with E-state index in [0.29, 0.717) is 16.8 Å². The number of piperazine rings is 1. The number of hydrogen-bond acceptors (Lipinski definition) is 6. The number of benzene rings is 2. The highest BCUT2D eigenvalue weighted by molar-refractivity contribution is 5.83. The Morgan fingerprint density at radius 2 is 1.89 bits per heavy atom. The van der Waals surface area contributed by atoms with Crippen molar-refractivity contribution in [1.29, 1.82) is 0 Å². The molecule has 180 valence electrons. The molecule has 0 saturated carbocycles. The Bertz CT molecular complexity index is 1390. The van der Waals surface area contributed by atoms with Crippen molar-refractivity contribution in [2.75, 3.05) is 38.1 Å². The normalized spacial score (nSPS) is 14.9. The van der Waals surface area contributed by atoms with Crippen LogP contribution in [0.2, 0.25) is 0 Å². The first-order chi connectivity index (χ1) is 17.0. The van der Waals surface area contributed by atoms with Crippen LogP contribution in [0.4, 0.5) is 20.3 Å². The van der Waals surface area contributed by atoms with E-state index in [9.17, 15) is 13.6 Å². The highest BCUT2D eigenvalue weighted by Crippen LogP contribution is 2.29. The van der Waals surface area contributed by atoms with Crippen LogP contribution in [0.25, 0.3) is 10.9 Å². The molecule has 7 nitrogen and oxygen atoms in total. The Hall–Kier alpha value is -3.69. The highest BCUT2D eigenvalue weighted by atomic mass is 19.2. The predicted octanol–water partition coefficient (Wildman–Crippen LogP) is 3.68. The van der Waals surface area contributed by atoms with Crippen molar-refractivity contribution in [3.05, 3.63) is 94.2 Å². The molecule has 1 aliphatic rings. The van der Waals surface area contributed by atoms with E-state index < -0.39 is 17.2 Å². The molecule has 35 heavy (non-hydrogen) atoms. The van der Waals surface area contributed by atoms with Crippen LogP contribution in [0.15, 0.2) is 65.8 Å². The highest BCUT2D eigenvalue weighted by Gasteiger charge is 2.18. The first kappa shape index (κ1) is 23.1. The maximum absolute atomic E-state index is 14.5. The number of halogens is 2. The second-order valence-electron chi connectivity index (χ2n) is 8.84. The third kappa shape index (κ3) is 5.06. The quantitative estimate of drug-likeness (QED) is 0.458. The Morgan fingerprint density at radius 1 is 1.06 bits per heavy atom. The molecule has 5 rings (SSSR count). The lowest BCUT2D eigenvalue weighted by Crippen LogP contribution is -2.43. The number of likely N-dealkylation sites (N-methyl/N-ethyl adjacent to an activating group) is 1. The number of hydrogen-bond donors (Lipinski definition) is 1. The predicted molar refractivity (Wildman–Crippen MR) is 132 cm³/mol. The molecule has 2 aromatic carbocycles. The molecule has 0 bridgehead atoms. The Morgan fingerprint density at radius 3 is 2.66 bits per heavy atom. The van der Waals surface area contributed by atoms with E-state index in [-0.39, 0.29) is 12.1 Å². The SMILES string of the molecule is CN1CCN(Cc2cccc(N(Cc3cc(=O)[nH]c4c(F)c(F)ccc34)c3cnccn3)c2)CC1. The van der Waals surface area contributed by atoms with Gasteiger partial charge in [0.15, 0.2) is 17.5 Å². The lowest BCUT2D eigenvalue weighted by atomic mass is 10.1. The van der Waals surface area contributed by atoms with Crippen molar-refractivity contribution in [3.8, 4) is 0 Å². The van der Waals surface area contributed by atoms with Gasteiger partial charge in [0.05, 0.1) is 18.3 Å². The summed E-state index contributed by atoms with van der Waals surface area (Å²) in [7, 11) is 2.13. The topological polar surface area (TPSA) is 68.4 Å². The van der Waals surface area contributed by atoms with Gasteiger partial charge in [-0.15, -0.1) is 0 Å². The first-order valence-electron chi connectivity index (χ1n) is 11.5. The molecular weight excluding hydrogens is 450 g/mol. The molecular formula is C26H26F2N6O. The summed E-state index contributed by atoms with van der Waals surface area (Å²) < 4.78 is 28.3. The van der Waals surface area contributed by atoms with Crippen LogP contribution in [0, 0.1) is 11.6 Å². The van der Waals surface area contributed by atoms with Crippen LogP contribution in [0.3, 0.4) is 0 Å². The molecule has 3 heterocycles. The second kappa shape index (κ2) is 9.89. The zero-order valence-corrected chi connectivity index (χ0v) is 19.4. The Kier molecular flexibility index (Phi) is 6.52. The van der Waals surface area contributed by atoms with Crippen molar-refractivity contribution in [1.82, 2.24) is 24.8 Å². The molecule has 9 heteroatoms. The number of aromatic amines is 1. The number of pyridine rings is 1. The number of aromatic nitrogens is 3. The fourth-order valence-electron chi connectivity index (χ4n) is 4.46. The van der Waals surface area contributed by atoms with Crippen molar-refractivity contribution in [3.63, 3.8) is 0 Å². The van der Waals surface area contributed by atoms with Gasteiger partial charge in [-0.1, -0.05) is 12.1 Å². The van der Waals surface area contributed by atoms with Crippen molar-refractivity contribution >= 4 is 22.4 Å². The number of anilines is 2. The molecule has 0 radical (unpaired) electrons. The van der Waals surface area contributed by atoms with Crippen LogP contribution < -0.4 is 10.5 Å². The van der Waals surface area contributed by atoms with E-state index >= 15 is 0 Å². The van der Waals surface area contributed by atoms with Gasteiger partial charge in [0.1, 0.15) is 0 Å². The summed E-state index contributed by atoms with van der Waals surface area (Å²) in [6.45, 7) is 5.15. The average Bonchev–Trinajstić information content (AvgIpc) is 2.87. The second-order valence-corrected chi connectivity index (χ2v) is 8.84. The Balaban J connectivity index is 1.52. The maximum Gasteiger partial charge on any atom is 0.248 e. The minimum Gasteiger partial charge on any atom is -0.321 e. The summed E-state index contributed by atoms with van der Waals surface area (Å²) >= 11 is 0. The number of nitrogens with one attached hydrogen (secondary N) is 1. The summed E-state index contributed by atoms with van der Waals surface area (Å²) in [5.74, 6) is -1.49. The van der Waals surface area contributed by atoms with Gasteiger partial charge in [0.2, 0.25) is 5.56 Å². The van der Waals surface area contributed by atoms with Gasteiger partial charge in [0.25, 0.3) is 0 Å². The first-order valence-corrected chi connectivity index (χ1v) is 11.5.